The van der Waals surface area contributed by atoms with Crippen molar-refractivity contribution in [1.82, 2.24) is 5.32 Å². The van der Waals surface area contributed by atoms with Gasteiger partial charge in [-0.15, -0.1) is 0 Å². The summed E-state index contributed by atoms with van der Waals surface area (Å²) in [6, 6.07) is 14.3. The highest BCUT2D eigenvalue weighted by Gasteiger charge is 2.58. The van der Waals surface area contributed by atoms with Gasteiger partial charge in [0.05, 0.1) is 43.8 Å². The molecule has 1 aliphatic carbocycles. The van der Waals surface area contributed by atoms with E-state index in [9.17, 15) is 22.4 Å². The number of carbonyl (C=O) groups excluding carboxylic acids is 1. The number of hydrogen-bond donors (Lipinski definition) is 1. The van der Waals surface area contributed by atoms with E-state index in [0.29, 0.717) is 11.3 Å². The third-order valence-corrected chi connectivity index (χ3v) is 7.25. The van der Waals surface area contributed by atoms with E-state index in [2.05, 4.69) is 5.32 Å². The maximum absolute atomic E-state index is 14.5. The molecule has 2 heterocycles. The monoisotopic (exact) mass is 577 g/mol. The number of rotatable bonds is 9. The highest BCUT2D eigenvalue weighted by molar-refractivity contribution is 5.85. The van der Waals surface area contributed by atoms with Gasteiger partial charge in [0, 0.05) is 18.4 Å². The van der Waals surface area contributed by atoms with E-state index >= 15 is 0 Å². The van der Waals surface area contributed by atoms with Crippen molar-refractivity contribution in [3.63, 3.8) is 0 Å². The van der Waals surface area contributed by atoms with Gasteiger partial charge in [0.2, 0.25) is 0 Å². The largest absolute Gasteiger partial charge is 0.467 e. The summed E-state index contributed by atoms with van der Waals surface area (Å²) < 4.78 is 84.3. The van der Waals surface area contributed by atoms with Crippen LogP contribution in [0.4, 0.5) is 17.6 Å². The number of furan rings is 1. The third kappa shape index (κ3) is 6.81. The maximum atomic E-state index is 14.5. The predicted molar refractivity (Wildman–Crippen MR) is 138 cm³/mol. The van der Waals surface area contributed by atoms with Gasteiger partial charge in [0.1, 0.15) is 17.7 Å². The Bertz CT molecular complexity index is 1340. The maximum Gasteiger partial charge on any atom is 0.416 e. The molecule has 3 aromatic rings. The second-order valence-corrected chi connectivity index (χ2v) is 10.7. The van der Waals surface area contributed by atoms with Gasteiger partial charge in [-0.3, -0.25) is 4.79 Å². The molecular formula is C30H31F4NO6. The van der Waals surface area contributed by atoms with Crippen LogP contribution in [0.25, 0.3) is 0 Å². The third-order valence-electron chi connectivity index (χ3n) is 7.25. The average molecular weight is 578 g/mol. The summed E-state index contributed by atoms with van der Waals surface area (Å²) in [6.45, 7) is 3.17. The molecule has 7 nitrogen and oxygen atoms in total. The van der Waals surface area contributed by atoms with Crippen LogP contribution in [-0.2, 0) is 49.7 Å². The summed E-state index contributed by atoms with van der Waals surface area (Å²) in [5.41, 5.74) is -1.75. The molecule has 1 N–H and O–H groups in total. The number of nitrogens with one attached hydrogen (secondary N) is 1. The number of hydrogen-bond acceptors (Lipinski definition) is 6. The summed E-state index contributed by atoms with van der Waals surface area (Å²) in [7, 11) is 0. The average Bonchev–Trinajstić information content (AvgIpc) is 3.56. The minimum Gasteiger partial charge on any atom is -0.467 e. The first-order valence-corrected chi connectivity index (χ1v) is 13.3. The number of ether oxygens (including phenoxy) is 4. The standard InChI is InChI=1S/C30H31F4NO6/c1-28(2)40-25-15-29(27(36)35-16-22-10-6-12-37-22,39-18-20-8-3-4-11-23(20)31)14-24(26(25)41-28)38-17-19-7-5-9-21(13-19)30(32,33)34/h3-13,24-26H,14-18H2,1-2H3,(H,35,36)/t24?,25-,26+,29-/m1/s1. The quantitative estimate of drug-likeness (QED) is 0.319. The van der Waals surface area contributed by atoms with Crippen molar-refractivity contribution in [1.29, 1.82) is 0 Å². The lowest BCUT2D eigenvalue weighted by Crippen LogP contribution is -2.59. The van der Waals surface area contributed by atoms with E-state index in [0.717, 1.165) is 12.1 Å². The Morgan fingerprint density at radius 3 is 2.56 bits per heavy atom. The molecule has 220 valence electrons. The molecule has 1 saturated carbocycles. The molecule has 2 fully saturated rings. The highest BCUT2D eigenvalue weighted by atomic mass is 19.4. The minimum atomic E-state index is -4.50. The molecule has 5 rings (SSSR count). The normalized spacial score (nSPS) is 25.6. The predicted octanol–water partition coefficient (Wildman–Crippen LogP) is 5.91. The van der Waals surface area contributed by atoms with E-state index in [4.69, 9.17) is 23.4 Å². The smallest absolute Gasteiger partial charge is 0.416 e. The van der Waals surface area contributed by atoms with Crippen molar-refractivity contribution in [2.24, 2.45) is 0 Å². The Balaban J connectivity index is 1.42. The number of alkyl halides is 3. The number of benzene rings is 2. The summed E-state index contributed by atoms with van der Waals surface area (Å²) in [4.78, 5) is 13.8. The molecule has 1 aromatic heterocycles. The van der Waals surface area contributed by atoms with Gasteiger partial charge in [-0.25, -0.2) is 4.39 Å². The number of amides is 1. The van der Waals surface area contributed by atoms with E-state index in [1.165, 1.54) is 24.5 Å². The van der Waals surface area contributed by atoms with Crippen molar-refractivity contribution in [3.05, 3.63) is 95.2 Å². The van der Waals surface area contributed by atoms with Crippen LogP contribution in [0.3, 0.4) is 0 Å². The molecule has 1 unspecified atom stereocenters. The Kier molecular flexibility index (Phi) is 8.24. The van der Waals surface area contributed by atoms with Gasteiger partial charge in [0.15, 0.2) is 11.4 Å². The van der Waals surface area contributed by atoms with E-state index in [1.807, 2.05) is 0 Å². The first-order valence-electron chi connectivity index (χ1n) is 13.3. The van der Waals surface area contributed by atoms with Crippen LogP contribution in [0, 0.1) is 5.82 Å². The van der Waals surface area contributed by atoms with Crippen molar-refractivity contribution in [2.45, 2.75) is 82.3 Å². The molecule has 0 radical (unpaired) electrons. The number of carbonyl (C=O) groups is 1. The van der Waals surface area contributed by atoms with Crippen LogP contribution in [0.5, 0.6) is 0 Å². The number of halogens is 4. The van der Waals surface area contributed by atoms with E-state index in [-0.39, 0.29) is 38.2 Å². The molecule has 4 atom stereocenters. The lowest BCUT2D eigenvalue weighted by molar-refractivity contribution is -0.183. The molecule has 0 spiro atoms. The lowest BCUT2D eigenvalue weighted by Gasteiger charge is -2.43. The van der Waals surface area contributed by atoms with Crippen molar-refractivity contribution in [3.8, 4) is 0 Å². The van der Waals surface area contributed by atoms with Gasteiger partial charge in [-0.2, -0.15) is 13.2 Å². The Hall–Kier alpha value is -3.25. The zero-order valence-corrected chi connectivity index (χ0v) is 22.6. The van der Waals surface area contributed by atoms with E-state index in [1.54, 1.807) is 44.2 Å². The van der Waals surface area contributed by atoms with Crippen LogP contribution >= 0.6 is 0 Å². The fourth-order valence-electron chi connectivity index (χ4n) is 5.32. The molecule has 0 bridgehead atoms. The van der Waals surface area contributed by atoms with E-state index < -0.39 is 53.2 Å². The SMILES string of the molecule is CC1(C)O[C@@H]2C[C@@](OCc3ccccc3F)(C(=O)NCc3ccco3)CC(OCc3cccc(C(F)(F)F)c3)[C@@H]2O1. The first kappa shape index (κ1) is 29.2. The van der Waals surface area contributed by atoms with Crippen molar-refractivity contribution < 1.29 is 45.7 Å². The molecule has 41 heavy (non-hydrogen) atoms. The zero-order valence-electron chi connectivity index (χ0n) is 22.6. The minimum absolute atomic E-state index is 0.00892. The van der Waals surface area contributed by atoms with Gasteiger partial charge in [-0.1, -0.05) is 30.3 Å². The van der Waals surface area contributed by atoms with Gasteiger partial charge >= 0.3 is 6.18 Å². The highest BCUT2D eigenvalue weighted by Crippen LogP contribution is 2.44. The molecular weight excluding hydrogens is 546 g/mol. The molecule has 1 aliphatic heterocycles. The van der Waals surface area contributed by atoms with Crippen LogP contribution in [-0.4, -0.2) is 35.6 Å². The summed E-state index contributed by atoms with van der Waals surface area (Å²) in [5, 5.41) is 2.84. The number of fused-ring (bicyclic) bond motifs is 1. The Labute approximate surface area is 234 Å². The molecule has 11 heteroatoms. The molecule has 2 aliphatic rings. The van der Waals surface area contributed by atoms with Gasteiger partial charge in [0.25, 0.3) is 5.91 Å². The fourth-order valence-corrected chi connectivity index (χ4v) is 5.32. The summed E-state index contributed by atoms with van der Waals surface area (Å²) in [6.07, 6.45) is -4.98. The molecule has 1 saturated heterocycles. The van der Waals surface area contributed by atoms with Crippen LogP contribution in [0.2, 0.25) is 0 Å². The second-order valence-electron chi connectivity index (χ2n) is 10.7. The van der Waals surface area contributed by atoms with Crippen LogP contribution in [0.1, 0.15) is 49.1 Å². The Morgan fingerprint density at radius 1 is 1.02 bits per heavy atom. The van der Waals surface area contributed by atoms with Gasteiger partial charge in [-0.05, 0) is 49.7 Å². The first-order chi connectivity index (χ1) is 19.4. The fraction of sp³-hybridized carbons (Fsp3) is 0.433. The summed E-state index contributed by atoms with van der Waals surface area (Å²) >= 11 is 0. The van der Waals surface area contributed by atoms with Crippen molar-refractivity contribution >= 4 is 5.91 Å². The molecule has 2 aromatic carbocycles. The van der Waals surface area contributed by atoms with Crippen LogP contribution in [0.15, 0.2) is 71.3 Å². The topological polar surface area (TPSA) is 79.2 Å². The molecule has 1 amide bonds. The Morgan fingerprint density at radius 2 is 1.83 bits per heavy atom. The van der Waals surface area contributed by atoms with Crippen LogP contribution < -0.4 is 5.32 Å². The van der Waals surface area contributed by atoms with Gasteiger partial charge < -0.3 is 28.7 Å². The van der Waals surface area contributed by atoms with Crippen molar-refractivity contribution in [2.75, 3.05) is 0 Å². The lowest BCUT2D eigenvalue weighted by atomic mass is 9.78. The zero-order chi connectivity index (χ0) is 29.3. The summed E-state index contributed by atoms with van der Waals surface area (Å²) in [5.74, 6) is -1.44. The second kappa shape index (κ2) is 11.6.